The molecule has 0 amide bonds. The zero-order chi connectivity index (χ0) is 18.8. The van der Waals surface area contributed by atoms with Crippen molar-refractivity contribution in [1.29, 1.82) is 0 Å². The van der Waals surface area contributed by atoms with Gasteiger partial charge in [-0.2, -0.15) is 5.10 Å². The summed E-state index contributed by atoms with van der Waals surface area (Å²) < 4.78 is 19.9. The van der Waals surface area contributed by atoms with Gasteiger partial charge in [0.2, 0.25) is 0 Å². The summed E-state index contributed by atoms with van der Waals surface area (Å²) in [6.07, 6.45) is 10.2. The molecular weight excluding hydrogens is 345 g/mol. The lowest BCUT2D eigenvalue weighted by atomic mass is 10.1. The smallest absolute Gasteiger partial charge is 0.152 e. The van der Waals surface area contributed by atoms with E-state index in [0.29, 0.717) is 18.9 Å². The maximum Gasteiger partial charge on any atom is 0.152 e. The third kappa shape index (κ3) is 3.26. The SMILES string of the molecule is CCCOc1ccc(F)cc1C(C)N1CC(c2cn[nH]c2)=C2N=CC=CN21. The second-order valence-electron chi connectivity index (χ2n) is 6.56. The third-order valence-corrected chi connectivity index (χ3v) is 4.77. The van der Waals surface area contributed by atoms with Gasteiger partial charge in [-0.3, -0.25) is 10.1 Å². The molecule has 0 fully saturated rings. The summed E-state index contributed by atoms with van der Waals surface area (Å²) in [5.74, 6) is 1.31. The lowest BCUT2D eigenvalue weighted by Crippen LogP contribution is -2.36. The van der Waals surface area contributed by atoms with Gasteiger partial charge >= 0.3 is 0 Å². The van der Waals surface area contributed by atoms with E-state index in [1.165, 1.54) is 6.07 Å². The summed E-state index contributed by atoms with van der Waals surface area (Å²) >= 11 is 0. The van der Waals surface area contributed by atoms with Crippen LogP contribution < -0.4 is 4.74 Å². The largest absolute Gasteiger partial charge is 0.493 e. The number of rotatable bonds is 6. The molecule has 0 saturated carbocycles. The molecule has 2 aliphatic heterocycles. The van der Waals surface area contributed by atoms with Crippen LogP contribution in [0.5, 0.6) is 5.75 Å². The molecule has 2 aliphatic rings. The summed E-state index contributed by atoms with van der Waals surface area (Å²) in [6, 6.07) is 4.60. The highest BCUT2D eigenvalue weighted by Gasteiger charge is 2.35. The van der Waals surface area contributed by atoms with Gasteiger partial charge in [0.1, 0.15) is 11.6 Å². The van der Waals surface area contributed by atoms with Gasteiger partial charge in [-0.25, -0.2) is 14.4 Å². The van der Waals surface area contributed by atoms with Gasteiger partial charge in [0.25, 0.3) is 0 Å². The van der Waals surface area contributed by atoms with Crippen molar-refractivity contribution in [3.8, 4) is 5.75 Å². The molecule has 2 aromatic rings. The van der Waals surface area contributed by atoms with E-state index in [4.69, 9.17) is 4.74 Å². The number of hydrogen-bond donors (Lipinski definition) is 1. The molecule has 1 aromatic heterocycles. The number of benzene rings is 1. The second kappa shape index (κ2) is 7.36. The topological polar surface area (TPSA) is 56.8 Å². The van der Waals surface area contributed by atoms with E-state index in [2.05, 4.69) is 34.0 Å². The fourth-order valence-electron chi connectivity index (χ4n) is 3.41. The summed E-state index contributed by atoms with van der Waals surface area (Å²) in [5.41, 5.74) is 2.89. The van der Waals surface area contributed by atoms with Crippen LogP contribution in [0, 0.1) is 5.82 Å². The third-order valence-electron chi connectivity index (χ3n) is 4.77. The molecule has 4 rings (SSSR count). The van der Waals surface area contributed by atoms with E-state index in [0.717, 1.165) is 28.9 Å². The van der Waals surface area contributed by atoms with Crippen LogP contribution in [-0.4, -0.2) is 39.6 Å². The van der Waals surface area contributed by atoms with Crippen molar-refractivity contribution in [2.24, 2.45) is 4.99 Å². The number of allylic oxidation sites excluding steroid dienone is 1. The van der Waals surface area contributed by atoms with Crippen LogP contribution in [0.15, 0.2) is 53.7 Å². The molecule has 0 saturated heterocycles. The predicted octanol–water partition coefficient (Wildman–Crippen LogP) is 3.90. The van der Waals surface area contributed by atoms with Crippen LogP contribution in [-0.2, 0) is 0 Å². The average Bonchev–Trinajstić information content (AvgIpc) is 3.34. The Morgan fingerprint density at radius 2 is 2.26 bits per heavy atom. The highest BCUT2D eigenvalue weighted by molar-refractivity contribution is 5.79. The Hall–Kier alpha value is -2.93. The number of ether oxygens (including phenoxy) is 1. The lowest BCUT2D eigenvalue weighted by Gasteiger charge is -2.34. The van der Waals surface area contributed by atoms with Crippen LogP contribution in [0.3, 0.4) is 0 Å². The van der Waals surface area contributed by atoms with Crippen molar-refractivity contribution in [2.45, 2.75) is 26.3 Å². The molecule has 1 aromatic carbocycles. The standard InChI is InChI=1S/C20H22FN5O/c1-3-9-27-19-6-5-16(21)10-17(19)14(2)26-13-18(15-11-23-24-12-15)20-22-7-4-8-25(20)26/h4-8,10-12,14H,3,9,13H2,1-2H3,(H,23,24). The van der Waals surface area contributed by atoms with Gasteiger partial charge < -0.3 is 4.74 Å². The van der Waals surface area contributed by atoms with Crippen LogP contribution in [0.1, 0.15) is 37.4 Å². The Bertz CT molecular complexity index is 903. The first-order valence-electron chi connectivity index (χ1n) is 9.10. The first kappa shape index (κ1) is 17.5. The monoisotopic (exact) mass is 367 g/mol. The highest BCUT2D eigenvalue weighted by Crippen LogP contribution is 2.40. The normalized spacial score (nSPS) is 17.5. The number of nitrogens with one attached hydrogen (secondary N) is 1. The van der Waals surface area contributed by atoms with Gasteiger partial charge in [-0.1, -0.05) is 6.92 Å². The Kier molecular flexibility index (Phi) is 4.77. The summed E-state index contributed by atoms with van der Waals surface area (Å²) in [6.45, 7) is 5.34. The highest BCUT2D eigenvalue weighted by atomic mass is 19.1. The number of halogens is 1. The Morgan fingerprint density at radius 3 is 3.04 bits per heavy atom. The summed E-state index contributed by atoms with van der Waals surface area (Å²) in [5, 5.41) is 11.1. The fraction of sp³-hybridized carbons (Fsp3) is 0.300. The molecule has 1 N–H and O–H groups in total. The zero-order valence-corrected chi connectivity index (χ0v) is 15.4. The van der Waals surface area contributed by atoms with Crippen molar-refractivity contribution < 1.29 is 9.13 Å². The van der Waals surface area contributed by atoms with Crippen molar-refractivity contribution >= 4 is 11.8 Å². The zero-order valence-electron chi connectivity index (χ0n) is 15.4. The minimum atomic E-state index is -0.268. The van der Waals surface area contributed by atoms with Crippen molar-refractivity contribution in [1.82, 2.24) is 20.2 Å². The number of aromatic nitrogens is 2. The predicted molar refractivity (Wildman–Crippen MR) is 102 cm³/mol. The first-order chi connectivity index (χ1) is 13.2. The van der Waals surface area contributed by atoms with Gasteiger partial charge in [-0.15, -0.1) is 0 Å². The minimum absolute atomic E-state index is 0.107. The fourth-order valence-corrected chi connectivity index (χ4v) is 3.41. The Morgan fingerprint density at radius 1 is 1.37 bits per heavy atom. The van der Waals surface area contributed by atoms with E-state index in [9.17, 15) is 4.39 Å². The number of H-pyrrole nitrogens is 1. The first-order valence-corrected chi connectivity index (χ1v) is 9.10. The van der Waals surface area contributed by atoms with Crippen molar-refractivity contribution in [3.63, 3.8) is 0 Å². The van der Waals surface area contributed by atoms with Crippen LogP contribution in [0.25, 0.3) is 5.57 Å². The summed E-state index contributed by atoms with van der Waals surface area (Å²) in [7, 11) is 0. The number of aliphatic imine (C=N–C) groups is 1. The Labute approximate surface area is 157 Å². The van der Waals surface area contributed by atoms with Crippen LogP contribution in [0.4, 0.5) is 4.39 Å². The maximum absolute atomic E-state index is 14.0. The number of fused-ring (bicyclic) bond motifs is 1. The number of hydrazine groups is 1. The molecule has 0 bridgehead atoms. The van der Waals surface area contributed by atoms with Gasteiger partial charge in [0, 0.05) is 41.9 Å². The van der Waals surface area contributed by atoms with E-state index in [1.807, 2.05) is 23.5 Å². The number of aromatic amines is 1. The molecule has 27 heavy (non-hydrogen) atoms. The molecule has 1 atom stereocenters. The van der Waals surface area contributed by atoms with Crippen molar-refractivity contribution in [3.05, 3.63) is 65.6 Å². The van der Waals surface area contributed by atoms with E-state index in [1.54, 1.807) is 24.5 Å². The Balaban J connectivity index is 1.68. The van der Waals surface area contributed by atoms with Gasteiger partial charge in [-0.05, 0) is 37.6 Å². The molecule has 1 unspecified atom stereocenters. The van der Waals surface area contributed by atoms with Crippen LogP contribution >= 0.6 is 0 Å². The maximum atomic E-state index is 14.0. The number of nitrogens with zero attached hydrogens (tertiary/aromatic N) is 4. The second-order valence-corrected chi connectivity index (χ2v) is 6.56. The average molecular weight is 367 g/mol. The minimum Gasteiger partial charge on any atom is -0.493 e. The molecule has 7 heteroatoms. The van der Waals surface area contributed by atoms with Gasteiger partial charge in [0.05, 0.1) is 18.8 Å². The molecular formula is C20H22FN5O. The van der Waals surface area contributed by atoms with Crippen LogP contribution in [0.2, 0.25) is 0 Å². The quantitative estimate of drug-likeness (QED) is 0.841. The molecule has 0 radical (unpaired) electrons. The van der Waals surface area contributed by atoms with Crippen molar-refractivity contribution in [2.75, 3.05) is 13.2 Å². The number of hydrogen-bond acceptors (Lipinski definition) is 5. The molecule has 6 nitrogen and oxygen atoms in total. The lowest BCUT2D eigenvalue weighted by molar-refractivity contribution is 0.0439. The van der Waals surface area contributed by atoms with E-state index in [-0.39, 0.29) is 11.9 Å². The summed E-state index contributed by atoms with van der Waals surface area (Å²) in [4.78, 5) is 4.55. The molecule has 0 aliphatic carbocycles. The van der Waals surface area contributed by atoms with E-state index >= 15 is 0 Å². The molecule has 140 valence electrons. The van der Waals surface area contributed by atoms with Gasteiger partial charge in [0.15, 0.2) is 5.82 Å². The molecule has 3 heterocycles. The molecule has 0 spiro atoms. The van der Waals surface area contributed by atoms with E-state index < -0.39 is 0 Å².